The Balaban J connectivity index is 1.44. The van der Waals surface area contributed by atoms with Gasteiger partial charge in [0.05, 0.1) is 29.0 Å². The fourth-order valence-electron chi connectivity index (χ4n) is 5.65. The van der Waals surface area contributed by atoms with Crippen LogP contribution in [0.15, 0.2) is 41.4 Å². The molecule has 2 aliphatic rings. The van der Waals surface area contributed by atoms with Crippen LogP contribution in [0.1, 0.15) is 92.1 Å². The lowest BCUT2D eigenvalue weighted by Crippen LogP contribution is -2.31. The maximum absolute atomic E-state index is 13.1. The molecule has 1 amide bonds. The molecule has 1 saturated carbocycles. The molecule has 1 aliphatic heterocycles. The highest BCUT2D eigenvalue weighted by Crippen LogP contribution is 2.39. The van der Waals surface area contributed by atoms with Gasteiger partial charge in [-0.15, -0.1) is 0 Å². The number of aliphatic hydroxyl groups is 1. The third-order valence-corrected chi connectivity index (χ3v) is 9.66. The Morgan fingerprint density at radius 3 is 2.53 bits per heavy atom. The molecule has 196 valence electrons. The number of pyridine rings is 1. The molecule has 2 aromatic rings. The van der Waals surface area contributed by atoms with Crippen molar-refractivity contribution < 1.29 is 18.3 Å². The van der Waals surface area contributed by atoms with E-state index in [9.17, 15) is 18.3 Å². The number of amides is 1. The Kier molecular flexibility index (Phi) is 8.48. The molecule has 1 fully saturated rings. The van der Waals surface area contributed by atoms with E-state index in [1.807, 2.05) is 12.1 Å². The lowest BCUT2D eigenvalue weighted by Gasteiger charge is -2.32. The van der Waals surface area contributed by atoms with E-state index in [4.69, 9.17) is 0 Å². The average molecular weight is 514 g/mol. The highest BCUT2D eigenvalue weighted by Gasteiger charge is 2.32. The van der Waals surface area contributed by atoms with Crippen LogP contribution < -0.4 is 5.32 Å². The van der Waals surface area contributed by atoms with Crippen LogP contribution in [-0.4, -0.2) is 48.2 Å². The van der Waals surface area contributed by atoms with Crippen molar-refractivity contribution in [3.63, 3.8) is 0 Å². The second-order valence-corrected chi connectivity index (χ2v) is 12.7. The summed E-state index contributed by atoms with van der Waals surface area (Å²) in [5.41, 5.74) is 3.49. The van der Waals surface area contributed by atoms with E-state index < -0.39 is 15.9 Å². The lowest BCUT2D eigenvalue weighted by molar-refractivity contribution is 0.0914. The third kappa shape index (κ3) is 5.82. The smallest absolute Gasteiger partial charge is 0.251 e. The summed E-state index contributed by atoms with van der Waals surface area (Å²) in [5, 5.41) is 12.8. The number of carbonyl (C=O) groups excluding carboxylic acids is 1. The van der Waals surface area contributed by atoms with E-state index in [2.05, 4.69) is 35.1 Å². The number of aromatic nitrogens is 1. The van der Waals surface area contributed by atoms with Gasteiger partial charge in [-0.05, 0) is 66.5 Å². The summed E-state index contributed by atoms with van der Waals surface area (Å²) in [6.07, 6.45) is 7.59. The number of nitrogens with zero attached hydrogens (tertiary/aromatic N) is 2. The van der Waals surface area contributed by atoms with Crippen LogP contribution in [0.3, 0.4) is 0 Å². The van der Waals surface area contributed by atoms with Crippen LogP contribution in [0.2, 0.25) is 0 Å². The van der Waals surface area contributed by atoms with Crippen LogP contribution >= 0.6 is 0 Å². The second-order valence-electron chi connectivity index (χ2n) is 10.4. The molecule has 8 heteroatoms. The van der Waals surface area contributed by atoms with Gasteiger partial charge in [0, 0.05) is 30.9 Å². The zero-order chi connectivity index (χ0) is 25.9. The monoisotopic (exact) mass is 513 g/mol. The minimum Gasteiger partial charge on any atom is -0.394 e. The lowest BCUT2D eigenvalue weighted by atomic mass is 9.82. The van der Waals surface area contributed by atoms with E-state index in [0.717, 1.165) is 31.3 Å². The standard InChI is InChI=1S/C28H39N3O4S/c1-4-27-24-12-10-21(14-22(24)17-31(27)16-20-8-6-19(3)7-9-20)28(33)30-26(18-32)25-13-11-23(15-29-25)36(34,35)5-2/h10-15,19-20,26-27,32H,4-9,16-18H2,1-3H3,(H,30,33)/t19?,20?,26-,27+/m0/s1. The van der Waals surface area contributed by atoms with Crippen molar-refractivity contribution in [3.05, 3.63) is 58.9 Å². The first-order valence-corrected chi connectivity index (χ1v) is 14.9. The SMILES string of the molecule is CC[C@@H]1c2ccc(C(=O)N[C@@H](CO)c3ccc(S(=O)(=O)CC)cn3)cc2CN1CC1CCC(C)CC1. The third-order valence-electron chi connectivity index (χ3n) is 7.94. The number of benzene rings is 1. The topological polar surface area (TPSA) is 99.6 Å². The molecule has 0 unspecified atom stereocenters. The molecule has 36 heavy (non-hydrogen) atoms. The number of aliphatic hydroxyl groups excluding tert-OH is 1. The van der Waals surface area contributed by atoms with Crippen LogP contribution in [0.5, 0.6) is 0 Å². The average Bonchev–Trinajstić information content (AvgIpc) is 3.24. The Morgan fingerprint density at radius 2 is 1.92 bits per heavy atom. The molecule has 0 radical (unpaired) electrons. The maximum atomic E-state index is 13.1. The van der Waals surface area contributed by atoms with Gasteiger partial charge in [0.25, 0.3) is 5.91 Å². The number of hydrogen-bond donors (Lipinski definition) is 2. The Bertz CT molecular complexity index is 1160. The molecule has 7 nitrogen and oxygen atoms in total. The first-order valence-electron chi connectivity index (χ1n) is 13.2. The molecular formula is C28H39N3O4S. The zero-order valence-electron chi connectivity index (χ0n) is 21.6. The van der Waals surface area contributed by atoms with E-state index in [1.54, 1.807) is 13.0 Å². The summed E-state index contributed by atoms with van der Waals surface area (Å²) in [5.74, 6) is 1.31. The summed E-state index contributed by atoms with van der Waals surface area (Å²) >= 11 is 0. The van der Waals surface area contributed by atoms with E-state index in [0.29, 0.717) is 17.3 Å². The summed E-state index contributed by atoms with van der Waals surface area (Å²) in [7, 11) is -3.36. The maximum Gasteiger partial charge on any atom is 0.251 e. The Labute approximate surface area is 215 Å². The van der Waals surface area contributed by atoms with Gasteiger partial charge in [-0.3, -0.25) is 14.7 Å². The number of sulfone groups is 1. The van der Waals surface area contributed by atoms with Crippen molar-refractivity contribution in [3.8, 4) is 0 Å². The zero-order valence-corrected chi connectivity index (χ0v) is 22.4. The molecule has 0 spiro atoms. The highest BCUT2D eigenvalue weighted by molar-refractivity contribution is 7.91. The van der Waals surface area contributed by atoms with Gasteiger partial charge in [-0.1, -0.05) is 39.7 Å². The predicted molar refractivity (Wildman–Crippen MR) is 140 cm³/mol. The first-order chi connectivity index (χ1) is 17.2. The van der Waals surface area contributed by atoms with Gasteiger partial charge in [0.15, 0.2) is 9.84 Å². The second kappa shape index (κ2) is 11.4. The van der Waals surface area contributed by atoms with Crippen molar-refractivity contribution in [1.82, 2.24) is 15.2 Å². The largest absolute Gasteiger partial charge is 0.394 e. The Hall–Kier alpha value is -2.29. The molecule has 1 aromatic heterocycles. The Morgan fingerprint density at radius 1 is 1.17 bits per heavy atom. The molecule has 0 bridgehead atoms. The molecule has 4 rings (SSSR count). The summed E-state index contributed by atoms with van der Waals surface area (Å²) in [4.78, 5) is 20.0. The summed E-state index contributed by atoms with van der Waals surface area (Å²) in [6, 6.07) is 8.61. The van der Waals surface area contributed by atoms with Crippen molar-refractivity contribution in [2.24, 2.45) is 11.8 Å². The molecule has 1 aliphatic carbocycles. The van der Waals surface area contributed by atoms with Gasteiger partial charge in [0.2, 0.25) is 0 Å². The van der Waals surface area contributed by atoms with Gasteiger partial charge in [0.1, 0.15) is 0 Å². The highest BCUT2D eigenvalue weighted by atomic mass is 32.2. The summed E-state index contributed by atoms with van der Waals surface area (Å²) in [6.45, 7) is 7.80. The quantitative estimate of drug-likeness (QED) is 0.515. The minimum absolute atomic E-state index is 0.0112. The van der Waals surface area contributed by atoms with Crippen LogP contribution in [-0.2, 0) is 16.4 Å². The van der Waals surface area contributed by atoms with E-state index in [-0.39, 0.29) is 23.2 Å². The molecule has 2 atom stereocenters. The minimum atomic E-state index is -3.36. The van der Waals surface area contributed by atoms with E-state index >= 15 is 0 Å². The van der Waals surface area contributed by atoms with Crippen molar-refractivity contribution >= 4 is 15.7 Å². The van der Waals surface area contributed by atoms with Crippen molar-refractivity contribution in [2.45, 2.75) is 76.4 Å². The van der Waals surface area contributed by atoms with E-state index in [1.165, 1.54) is 49.1 Å². The van der Waals surface area contributed by atoms with Gasteiger partial charge >= 0.3 is 0 Å². The molecule has 1 aromatic carbocycles. The van der Waals surface area contributed by atoms with Crippen molar-refractivity contribution in [1.29, 1.82) is 0 Å². The van der Waals surface area contributed by atoms with Crippen LogP contribution in [0.4, 0.5) is 0 Å². The summed E-state index contributed by atoms with van der Waals surface area (Å²) < 4.78 is 24.1. The molecule has 0 saturated heterocycles. The predicted octanol–water partition coefficient (Wildman–Crippen LogP) is 4.43. The van der Waals surface area contributed by atoms with Crippen LogP contribution in [0, 0.1) is 11.8 Å². The van der Waals surface area contributed by atoms with Gasteiger partial charge in [-0.2, -0.15) is 0 Å². The molecular weight excluding hydrogens is 474 g/mol. The van der Waals surface area contributed by atoms with Crippen molar-refractivity contribution in [2.75, 3.05) is 18.9 Å². The number of nitrogens with one attached hydrogen (secondary N) is 1. The number of carbonyl (C=O) groups is 1. The first kappa shape index (κ1) is 26.8. The van der Waals surface area contributed by atoms with Crippen LogP contribution in [0.25, 0.3) is 0 Å². The molecule has 2 heterocycles. The van der Waals surface area contributed by atoms with Gasteiger partial charge in [-0.25, -0.2) is 8.42 Å². The number of rotatable bonds is 9. The van der Waals surface area contributed by atoms with Gasteiger partial charge < -0.3 is 10.4 Å². The number of fused-ring (bicyclic) bond motifs is 1. The molecule has 2 N–H and O–H groups in total. The fraction of sp³-hybridized carbons (Fsp3) is 0.571. The normalized spacial score (nSPS) is 23.3. The number of hydrogen-bond acceptors (Lipinski definition) is 6. The fourth-order valence-corrected chi connectivity index (χ4v) is 6.47.